The molecule has 198 valence electrons. The molecular formula is C28H42N4O4. The Morgan fingerprint density at radius 3 is 2.64 bits per heavy atom. The van der Waals surface area contributed by atoms with Crippen LogP contribution in [0.1, 0.15) is 76.5 Å². The van der Waals surface area contributed by atoms with Crippen LogP contribution < -0.4 is 16.0 Å². The minimum Gasteiger partial charge on any atom is -0.378 e. The number of hydrogen-bond acceptors (Lipinski definition) is 5. The second-order valence-electron chi connectivity index (χ2n) is 10.7. The van der Waals surface area contributed by atoms with E-state index in [1.165, 1.54) is 11.1 Å². The summed E-state index contributed by atoms with van der Waals surface area (Å²) in [7, 11) is 1.72. The lowest BCUT2D eigenvalue weighted by molar-refractivity contribution is -0.147. The fourth-order valence-electron chi connectivity index (χ4n) is 6.20. The molecule has 0 spiro atoms. The number of benzene rings is 1. The number of amides is 3. The Labute approximate surface area is 214 Å². The van der Waals surface area contributed by atoms with E-state index in [0.29, 0.717) is 19.4 Å². The largest absolute Gasteiger partial charge is 0.378 e. The van der Waals surface area contributed by atoms with Crippen molar-refractivity contribution in [3.05, 3.63) is 35.4 Å². The fraction of sp³-hybridized carbons (Fsp3) is 0.679. The van der Waals surface area contributed by atoms with Crippen LogP contribution in [0.25, 0.3) is 0 Å². The van der Waals surface area contributed by atoms with E-state index >= 15 is 0 Å². The Morgan fingerprint density at radius 1 is 1.11 bits per heavy atom. The second-order valence-corrected chi connectivity index (χ2v) is 10.7. The molecule has 0 saturated carbocycles. The quantitative estimate of drug-likeness (QED) is 0.536. The molecule has 0 unspecified atom stereocenters. The van der Waals surface area contributed by atoms with Gasteiger partial charge in [0.2, 0.25) is 17.7 Å². The number of ether oxygens (including phenoxy) is 1. The van der Waals surface area contributed by atoms with Gasteiger partial charge in [-0.3, -0.25) is 14.4 Å². The Kier molecular flexibility index (Phi) is 8.67. The van der Waals surface area contributed by atoms with Gasteiger partial charge in [0.15, 0.2) is 0 Å². The summed E-state index contributed by atoms with van der Waals surface area (Å²) < 4.78 is 6.02. The lowest BCUT2D eigenvalue weighted by atomic mass is 9.87. The van der Waals surface area contributed by atoms with Gasteiger partial charge in [-0.1, -0.05) is 31.2 Å². The van der Waals surface area contributed by atoms with Crippen LogP contribution in [0.15, 0.2) is 24.3 Å². The topological polar surface area (TPSA) is 99.8 Å². The van der Waals surface area contributed by atoms with E-state index < -0.39 is 18.1 Å². The summed E-state index contributed by atoms with van der Waals surface area (Å²) in [5.41, 5.74) is 2.47. The Morgan fingerprint density at radius 2 is 1.89 bits per heavy atom. The minimum absolute atomic E-state index is 0.0282. The number of likely N-dealkylation sites (N-methyl/N-ethyl adjacent to an activating group) is 1. The maximum Gasteiger partial charge on any atom is 0.246 e. The third-order valence-electron chi connectivity index (χ3n) is 8.31. The van der Waals surface area contributed by atoms with Crippen molar-refractivity contribution in [1.82, 2.24) is 20.9 Å². The second kappa shape index (κ2) is 11.7. The Bertz CT molecular complexity index is 953. The van der Waals surface area contributed by atoms with Crippen molar-refractivity contribution in [2.24, 2.45) is 5.92 Å². The standard InChI is InChI=1S/C28H42N4O4/c1-5-36-25-16-23(31-26(33)18(3)29-4)28(35)32-20(15-17(25)2)13-14-24(32)27(34)30-22-12-8-10-19-9-6-7-11-21(19)22/h6-7,9,11,17-18,20,22-25,29H,5,8,10,12-16H2,1-4H3,(H,30,34)(H,31,33)/t17-,18-,20+,22+,23-,24-,25-/m0/s1. The van der Waals surface area contributed by atoms with Crippen molar-refractivity contribution < 1.29 is 19.1 Å². The summed E-state index contributed by atoms with van der Waals surface area (Å²) in [4.78, 5) is 42.1. The average Bonchev–Trinajstić information content (AvgIpc) is 3.29. The zero-order valence-electron chi connectivity index (χ0n) is 22.1. The Balaban J connectivity index is 1.55. The van der Waals surface area contributed by atoms with Gasteiger partial charge < -0.3 is 25.6 Å². The van der Waals surface area contributed by atoms with Crippen molar-refractivity contribution in [3.8, 4) is 0 Å². The highest BCUT2D eigenvalue weighted by molar-refractivity contribution is 5.94. The SMILES string of the molecule is CCO[C@H]1C[C@H](NC(=O)[C@H](C)NC)C(=O)N2[C@H](CC[C@H]2C(=O)N[C@@H]2CCCc3ccccc32)C[C@@H]1C. The van der Waals surface area contributed by atoms with Crippen molar-refractivity contribution in [2.45, 2.75) is 102 Å². The predicted octanol–water partition coefficient (Wildman–Crippen LogP) is 2.47. The van der Waals surface area contributed by atoms with Crippen LogP contribution in [-0.4, -0.2) is 66.5 Å². The van der Waals surface area contributed by atoms with E-state index in [0.717, 1.165) is 32.1 Å². The molecule has 8 heteroatoms. The summed E-state index contributed by atoms with van der Waals surface area (Å²) in [6.07, 6.45) is 5.46. The molecule has 3 amide bonds. The summed E-state index contributed by atoms with van der Waals surface area (Å²) in [6.45, 7) is 6.42. The van der Waals surface area contributed by atoms with E-state index in [4.69, 9.17) is 4.74 Å². The van der Waals surface area contributed by atoms with Crippen LogP contribution in [0.5, 0.6) is 0 Å². The first-order valence-electron chi connectivity index (χ1n) is 13.6. The molecule has 0 bridgehead atoms. The van der Waals surface area contributed by atoms with Crippen molar-refractivity contribution in [2.75, 3.05) is 13.7 Å². The number of rotatable bonds is 7. The van der Waals surface area contributed by atoms with Gasteiger partial charge in [-0.25, -0.2) is 0 Å². The normalized spacial score (nSPS) is 31.0. The van der Waals surface area contributed by atoms with Crippen LogP contribution in [-0.2, 0) is 25.5 Å². The molecule has 8 nitrogen and oxygen atoms in total. The maximum atomic E-state index is 13.9. The van der Waals surface area contributed by atoms with Gasteiger partial charge >= 0.3 is 0 Å². The van der Waals surface area contributed by atoms with E-state index in [1.807, 2.05) is 19.1 Å². The van der Waals surface area contributed by atoms with Crippen molar-refractivity contribution in [1.29, 1.82) is 0 Å². The Hall–Kier alpha value is -2.45. The lowest BCUT2D eigenvalue weighted by Gasteiger charge is -2.40. The van der Waals surface area contributed by atoms with Crippen molar-refractivity contribution in [3.63, 3.8) is 0 Å². The summed E-state index contributed by atoms with van der Waals surface area (Å²) in [6, 6.07) is 6.57. The highest BCUT2D eigenvalue weighted by Crippen LogP contribution is 2.36. The highest BCUT2D eigenvalue weighted by Gasteiger charge is 2.47. The van der Waals surface area contributed by atoms with Gasteiger partial charge in [0.1, 0.15) is 12.1 Å². The molecule has 2 fully saturated rings. The molecule has 2 heterocycles. The average molecular weight is 499 g/mol. The summed E-state index contributed by atoms with van der Waals surface area (Å²) in [5, 5.41) is 9.17. The number of hydrogen-bond donors (Lipinski definition) is 3. The number of carbonyl (C=O) groups is 3. The maximum absolute atomic E-state index is 13.9. The molecule has 1 aromatic rings. The molecule has 0 radical (unpaired) electrons. The first-order valence-corrected chi connectivity index (χ1v) is 13.6. The number of nitrogens with one attached hydrogen (secondary N) is 3. The van der Waals surface area contributed by atoms with Crippen LogP contribution in [0, 0.1) is 5.92 Å². The monoisotopic (exact) mass is 498 g/mol. The van der Waals surface area contributed by atoms with Gasteiger partial charge in [0.25, 0.3) is 0 Å². The van der Waals surface area contributed by atoms with E-state index in [-0.39, 0.29) is 41.8 Å². The lowest BCUT2D eigenvalue weighted by Crippen LogP contribution is -2.60. The first-order chi connectivity index (χ1) is 17.3. The molecule has 2 saturated heterocycles. The molecule has 7 atom stereocenters. The molecule has 36 heavy (non-hydrogen) atoms. The minimum atomic E-state index is -0.723. The molecular weight excluding hydrogens is 456 g/mol. The third-order valence-corrected chi connectivity index (χ3v) is 8.31. The van der Waals surface area contributed by atoms with Crippen LogP contribution >= 0.6 is 0 Å². The van der Waals surface area contributed by atoms with Gasteiger partial charge in [0.05, 0.1) is 18.2 Å². The van der Waals surface area contributed by atoms with E-state index in [9.17, 15) is 14.4 Å². The molecule has 1 aliphatic carbocycles. The number of nitrogens with zero attached hydrogens (tertiary/aromatic N) is 1. The first kappa shape index (κ1) is 26.6. The fourth-order valence-corrected chi connectivity index (χ4v) is 6.20. The van der Waals surface area contributed by atoms with Crippen LogP contribution in [0.3, 0.4) is 0 Å². The number of aryl methyl sites for hydroxylation is 1. The van der Waals surface area contributed by atoms with Gasteiger partial charge in [-0.2, -0.15) is 0 Å². The van der Waals surface area contributed by atoms with Gasteiger partial charge in [-0.05, 0) is 76.5 Å². The van der Waals surface area contributed by atoms with Crippen molar-refractivity contribution >= 4 is 17.7 Å². The summed E-state index contributed by atoms with van der Waals surface area (Å²) in [5.74, 6) is -0.278. The zero-order chi connectivity index (χ0) is 25.8. The summed E-state index contributed by atoms with van der Waals surface area (Å²) >= 11 is 0. The third kappa shape index (κ3) is 5.59. The van der Waals surface area contributed by atoms with E-state index in [1.54, 1.807) is 18.9 Å². The molecule has 2 aliphatic heterocycles. The molecule has 3 aliphatic rings. The van der Waals surface area contributed by atoms with Crippen LogP contribution in [0.4, 0.5) is 0 Å². The smallest absolute Gasteiger partial charge is 0.246 e. The molecule has 0 aromatic heterocycles. The van der Waals surface area contributed by atoms with Crippen LogP contribution in [0.2, 0.25) is 0 Å². The van der Waals surface area contributed by atoms with E-state index in [2.05, 4.69) is 35.0 Å². The zero-order valence-corrected chi connectivity index (χ0v) is 22.1. The van der Waals surface area contributed by atoms with Gasteiger partial charge in [0, 0.05) is 19.1 Å². The predicted molar refractivity (Wildman–Crippen MR) is 138 cm³/mol. The molecule has 1 aromatic carbocycles. The molecule has 3 N–H and O–H groups in total. The number of fused-ring (bicyclic) bond motifs is 2. The van der Waals surface area contributed by atoms with Gasteiger partial charge in [-0.15, -0.1) is 0 Å². The number of carbonyl (C=O) groups excluding carboxylic acids is 3. The molecule has 4 rings (SSSR count). The highest BCUT2D eigenvalue weighted by atomic mass is 16.5.